The first-order valence-corrected chi connectivity index (χ1v) is 14.6. The Kier molecular flexibility index (Phi) is 13.0. The van der Waals surface area contributed by atoms with Crippen LogP contribution in [0.5, 0.6) is 0 Å². The summed E-state index contributed by atoms with van der Waals surface area (Å²) in [7, 11) is -4.64. The molecular formula is C36H33O4P. The zero-order chi connectivity index (χ0) is 29.2. The van der Waals surface area contributed by atoms with Crippen molar-refractivity contribution >= 4 is 7.82 Å². The first-order valence-electron chi connectivity index (χ1n) is 13.0. The van der Waals surface area contributed by atoms with Crippen molar-refractivity contribution in [2.75, 3.05) is 0 Å². The second kappa shape index (κ2) is 17.2. The summed E-state index contributed by atoms with van der Waals surface area (Å²) in [6, 6.07) is 62.3. The minimum atomic E-state index is -4.64. The van der Waals surface area contributed by atoms with Crippen LogP contribution in [-0.2, 0) is 4.57 Å². The highest BCUT2D eigenvalue weighted by atomic mass is 31.2. The molecule has 0 radical (unpaired) electrons. The topological polar surface area (TPSA) is 77.8 Å². The third kappa shape index (κ3) is 12.9. The van der Waals surface area contributed by atoms with Gasteiger partial charge in [-0.3, -0.25) is 0 Å². The van der Waals surface area contributed by atoms with Crippen LogP contribution < -0.4 is 0 Å². The Morgan fingerprint density at radius 1 is 0.268 bits per heavy atom. The lowest BCUT2D eigenvalue weighted by atomic mass is 10.1. The van der Waals surface area contributed by atoms with E-state index in [0.29, 0.717) is 0 Å². The quantitative estimate of drug-likeness (QED) is 0.189. The van der Waals surface area contributed by atoms with Crippen molar-refractivity contribution < 1.29 is 19.2 Å². The van der Waals surface area contributed by atoms with Crippen LogP contribution in [-0.4, -0.2) is 14.7 Å². The van der Waals surface area contributed by atoms with Gasteiger partial charge in [0.1, 0.15) is 0 Å². The minimum absolute atomic E-state index is 1.28. The van der Waals surface area contributed by atoms with Crippen LogP contribution in [0.4, 0.5) is 0 Å². The van der Waals surface area contributed by atoms with Crippen LogP contribution in [0.3, 0.4) is 0 Å². The van der Waals surface area contributed by atoms with Crippen molar-refractivity contribution in [2.24, 2.45) is 0 Å². The van der Waals surface area contributed by atoms with Crippen molar-refractivity contribution in [1.82, 2.24) is 0 Å². The molecule has 0 saturated carbocycles. The summed E-state index contributed by atoms with van der Waals surface area (Å²) in [5, 5.41) is 0. The number of hydrogen-bond acceptors (Lipinski definition) is 1. The molecule has 0 aromatic heterocycles. The predicted molar refractivity (Wildman–Crippen MR) is 170 cm³/mol. The Hall–Kier alpha value is -4.57. The average Bonchev–Trinajstić information content (AvgIpc) is 3.04. The monoisotopic (exact) mass is 560 g/mol. The molecule has 0 aliphatic carbocycles. The van der Waals surface area contributed by atoms with Crippen molar-refractivity contribution in [2.45, 2.75) is 0 Å². The first kappa shape index (κ1) is 31.0. The van der Waals surface area contributed by atoms with Gasteiger partial charge in [-0.2, -0.15) is 0 Å². The molecule has 0 atom stereocenters. The Morgan fingerprint density at radius 3 is 0.463 bits per heavy atom. The molecule has 3 N–H and O–H groups in total. The van der Waals surface area contributed by atoms with Gasteiger partial charge in [0.05, 0.1) is 0 Å². The molecule has 41 heavy (non-hydrogen) atoms. The summed E-state index contributed by atoms with van der Waals surface area (Å²) >= 11 is 0. The minimum Gasteiger partial charge on any atom is -0.303 e. The first-order chi connectivity index (χ1) is 19.9. The Balaban J connectivity index is 0.000000157. The number of hydrogen-bond donors (Lipinski definition) is 3. The fraction of sp³-hybridized carbons (Fsp3) is 0. The van der Waals surface area contributed by atoms with Crippen molar-refractivity contribution in [3.8, 4) is 33.4 Å². The number of rotatable bonds is 3. The van der Waals surface area contributed by atoms with Crippen LogP contribution in [0.15, 0.2) is 182 Å². The molecule has 0 spiro atoms. The lowest BCUT2D eigenvalue weighted by Crippen LogP contribution is -1.73. The molecule has 0 aliphatic heterocycles. The molecule has 0 amide bonds. The summed E-state index contributed by atoms with van der Waals surface area (Å²) in [5.41, 5.74) is 7.66. The molecule has 6 rings (SSSR count). The average molecular weight is 561 g/mol. The lowest BCUT2D eigenvalue weighted by molar-refractivity contribution is 0.275. The van der Waals surface area contributed by atoms with Gasteiger partial charge in [0, 0.05) is 0 Å². The largest absolute Gasteiger partial charge is 0.466 e. The van der Waals surface area contributed by atoms with E-state index in [1.54, 1.807) is 0 Å². The molecule has 4 nitrogen and oxygen atoms in total. The second-order valence-electron chi connectivity index (χ2n) is 8.71. The zero-order valence-corrected chi connectivity index (χ0v) is 23.4. The highest BCUT2D eigenvalue weighted by molar-refractivity contribution is 7.45. The smallest absolute Gasteiger partial charge is 0.303 e. The lowest BCUT2D eigenvalue weighted by Gasteiger charge is -1.98. The molecule has 206 valence electrons. The maximum atomic E-state index is 8.88. The molecule has 0 heterocycles. The van der Waals surface area contributed by atoms with Gasteiger partial charge in [-0.25, -0.2) is 4.57 Å². The SMILES string of the molecule is O=P(O)(O)O.c1ccc(-c2ccccc2)cc1.c1ccc(-c2ccccc2)cc1.c1ccc(-c2ccccc2)cc1. The van der Waals surface area contributed by atoms with Crippen molar-refractivity contribution in [3.63, 3.8) is 0 Å². The molecule has 0 saturated heterocycles. The molecule has 0 aliphatic rings. The standard InChI is InChI=1S/3C12H10.H3O4P/c3*1-3-7-11(8-4-1)12-9-5-2-6-10-12;1-5(2,3)4/h3*1-10H;(H3,1,2,3,4). The van der Waals surface area contributed by atoms with Crippen LogP contribution >= 0.6 is 7.82 Å². The van der Waals surface area contributed by atoms with E-state index in [-0.39, 0.29) is 0 Å². The fourth-order valence-electron chi connectivity index (χ4n) is 3.78. The van der Waals surface area contributed by atoms with Gasteiger partial charge in [0.25, 0.3) is 0 Å². The van der Waals surface area contributed by atoms with E-state index in [0.717, 1.165) is 0 Å². The van der Waals surface area contributed by atoms with Gasteiger partial charge < -0.3 is 14.7 Å². The van der Waals surface area contributed by atoms with Gasteiger partial charge in [-0.1, -0.05) is 182 Å². The molecule has 0 bridgehead atoms. The van der Waals surface area contributed by atoms with E-state index in [1.165, 1.54) is 33.4 Å². The molecule has 0 fully saturated rings. The highest BCUT2D eigenvalue weighted by Crippen LogP contribution is 2.26. The Bertz CT molecular complexity index is 1240. The van der Waals surface area contributed by atoms with Crippen LogP contribution in [0.1, 0.15) is 0 Å². The van der Waals surface area contributed by atoms with E-state index in [9.17, 15) is 0 Å². The van der Waals surface area contributed by atoms with E-state index in [1.807, 2.05) is 36.4 Å². The summed E-state index contributed by atoms with van der Waals surface area (Å²) in [6.07, 6.45) is 0. The van der Waals surface area contributed by atoms with E-state index < -0.39 is 7.82 Å². The molecule has 0 unspecified atom stereocenters. The normalized spacial score (nSPS) is 9.93. The van der Waals surface area contributed by atoms with E-state index in [2.05, 4.69) is 146 Å². The van der Waals surface area contributed by atoms with E-state index >= 15 is 0 Å². The van der Waals surface area contributed by atoms with Crippen LogP contribution in [0, 0.1) is 0 Å². The van der Waals surface area contributed by atoms with Crippen LogP contribution in [0.25, 0.3) is 33.4 Å². The summed E-state index contributed by atoms with van der Waals surface area (Å²) in [4.78, 5) is 21.6. The summed E-state index contributed by atoms with van der Waals surface area (Å²) in [5.74, 6) is 0. The summed E-state index contributed by atoms with van der Waals surface area (Å²) < 4.78 is 8.88. The van der Waals surface area contributed by atoms with Gasteiger partial charge in [0.15, 0.2) is 0 Å². The predicted octanol–water partition coefficient (Wildman–Crippen LogP) is 9.13. The van der Waals surface area contributed by atoms with Crippen molar-refractivity contribution in [3.05, 3.63) is 182 Å². The van der Waals surface area contributed by atoms with Gasteiger partial charge in [0.2, 0.25) is 0 Å². The van der Waals surface area contributed by atoms with Gasteiger partial charge in [-0.15, -0.1) is 0 Å². The molecule has 6 aromatic carbocycles. The van der Waals surface area contributed by atoms with Crippen LogP contribution in [0.2, 0.25) is 0 Å². The third-order valence-corrected chi connectivity index (χ3v) is 5.64. The zero-order valence-electron chi connectivity index (χ0n) is 22.5. The maximum absolute atomic E-state index is 8.88. The fourth-order valence-corrected chi connectivity index (χ4v) is 3.78. The molecular weight excluding hydrogens is 527 g/mol. The highest BCUT2D eigenvalue weighted by Gasteiger charge is 2.00. The Morgan fingerprint density at radius 2 is 0.366 bits per heavy atom. The van der Waals surface area contributed by atoms with Gasteiger partial charge >= 0.3 is 7.82 Å². The maximum Gasteiger partial charge on any atom is 0.466 e. The molecule has 5 heteroatoms. The Labute approximate surface area is 242 Å². The third-order valence-electron chi connectivity index (χ3n) is 5.64. The van der Waals surface area contributed by atoms with Crippen molar-refractivity contribution in [1.29, 1.82) is 0 Å². The van der Waals surface area contributed by atoms with E-state index in [4.69, 9.17) is 19.2 Å². The second-order valence-corrected chi connectivity index (χ2v) is 9.74. The summed E-state index contributed by atoms with van der Waals surface area (Å²) in [6.45, 7) is 0. The molecule has 6 aromatic rings. The van der Waals surface area contributed by atoms with Gasteiger partial charge in [-0.05, 0) is 33.4 Å². The number of benzene rings is 6. The number of phosphoric acid groups is 1.